The molecular weight excluding hydrogens is 282 g/mol. The van der Waals surface area contributed by atoms with Crippen molar-refractivity contribution in [1.29, 1.82) is 0 Å². The number of rotatable bonds is 3. The largest absolute Gasteiger partial charge is 0.345 e. The molecule has 5 heteroatoms. The van der Waals surface area contributed by atoms with Crippen molar-refractivity contribution >= 4 is 17.2 Å². The van der Waals surface area contributed by atoms with Crippen molar-refractivity contribution in [3.63, 3.8) is 0 Å². The molecule has 4 nitrogen and oxygen atoms in total. The molecule has 0 atom stereocenters. The maximum absolute atomic E-state index is 12.6. The van der Waals surface area contributed by atoms with E-state index in [4.69, 9.17) is 5.73 Å². The third-order valence-corrected chi connectivity index (χ3v) is 5.81. The van der Waals surface area contributed by atoms with Gasteiger partial charge in [-0.2, -0.15) is 0 Å². The molecule has 0 aromatic carbocycles. The zero-order valence-electron chi connectivity index (χ0n) is 13.6. The highest BCUT2D eigenvalue weighted by atomic mass is 32.1. The summed E-state index contributed by atoms with van der Waals surface area (Å²) in [4.78, 5) is 17.9. The minimum absolute atomic E-state index is 0.00662. The van der Waals surface area contributed by atoms with Crippen molar-refractivity contribution in [3.8, 4) is 0 Å². The van der Waals surface area contributed by atoms with Crippen molar-refractivity contribution in [3.05, 3.63) is 15.6 Å². The fraction of sp³-hybridized carbons (Fsp3) is 0.750. The molecule has 0 aliphatic heterocycles. The Morgan fingerprint density at radius 3 is 2.43 bits per heavy atom. The number of hydrogen-bond donors (Lipinski definition) is 2. The molecule has 21 heavy (non-hydrogen) atoms. The molecule has 1 amide bonds. The van der Waals surface area contributed by atoms with Gasteiger partial charge in [0, 0.05) is 12.0 Å². The molecule has 1 aromatic heterocycles. The molecule has 0 spiro atoms. The van der Waals surface area contributed by atoms with Crippen molar-refractivity contribution in [2.45, 2.75) is 70.8 Å². The number of carbonyl (C=O) groups is 1. The first-order valence-corrected chi connectivity index (χ1v) is 8.59. The summed E-state index contributed by atoms with van der Waals surface area (Å²) in [7, 11) is 0. The van der Waals surface area contributed by atoms with Crippen LogP contribution in [0.4, 0.5) is 0 Å². The molecule has 1 aromatic rings. The molecule has 0 radical (unpaired) electrons. The predicted octanol–water partition coefficient (Wildman–Crippen LogP) is 3.14. The number of nitrogens with two attached hydrogens (primary N) is 1. The van der Waals surface area contributed by atoms with Crippen LogP contribution in [-0.2, 0) is 5.41 Å². The summed E-state index contributed by atoms with van der Waals surface area (Å²) < 4.78 is 0. The standard InChI is InChI=1S/C16H27N3OS/c1-11-12(21-14(18-11)15(2,3)4)13(20)19-16(10-17)8-6-5-7-9-16/h5-10,17H2,1-4H3,(H,19,20). The van der Waals surface area contributed by atoms with E-state index in [9.17, 15) is 4.79 Å². The van der Waals surface area contributed by atoms with Gasteiger partial charge in [0.05, 0.1) is 16.2 Å². The van der Waals surface area contributed by atoms with Crippen molar-refractivity contribution < 1.29 is 4.79 Å². The minimum atomic E-state index is -0.215. The van der Waals surface area contributed by atoms with Gasteiger partial charge in [0.15, 0.2) is 0 Å². The highest BCUT2D eigenvalue weighted by molar-refractivity contribution is 7.14. The molecule has 118 valence electrons. The average molecular weight is 309 g/mol. The zero-order chi connectivity index (χ0) is 15.7. The van der Waals surface area contributed by atoms with Crippen molar-refractivity contribution in [2.75, 3.05) is 6.54 Å². The number of carbonyl (C=O) groups excluding carboxylic acids is 1. The third-order valence-electron chi connectivity index (χ3n) is 4.22. The number of nitrogens with zero attached hydrogens (tertiary/aromatic N) is 1. The van der Waals surface area contributed by atoms with Crippen LogP contribution in [0.15, 0.2) is 0 Å². The van der Waals surface area contributed by atoms with Crippen LogP contribution in [0.3, 0.4) is 0 Å². The van der Waals surface area contributed by atoms with Crippen molar-refractivity contribution in [2.24, 2.45) is 5.73 Å². The first kappa shape index (κ1) is 16.4. The van der Waals surface area contributed by atoms with E-state index in [1.165, 1.54) is 17.8 Å². The Labute approximate surface area is 131 Å². The van der Waals surface area contributed by atoms with Gasteiger partial charge in [-0.05, 0) is 19.8 Å². The minimum Gasteiger partial charge on any atom is -0.345 e. The van der Waals surface area contributed by atoms with Crippen molar-refractivity contribution in [1.82, 2.24) is 10.3 Å². The third kappa shape index (κ3) is 3.64. The zero-order valence-corrected chi connectivity index (χ0v) is 14.4. The van der Waals surface area contributed by atoms with E-state index in [2.05, 4.69) is 31.1 Å². The summed E-state index contributed by atoms with van der Waals surface area (Å²) >= 11 is 1.51. The molecule has 2 rings (SSSR count). The highest BCUT2D eigenvalue weighted by Gasteiger charge is 2.33. The Bertz CT molecular complexity index is 510. The Morgan fingerprint density at radius 2 is 1.95 bits per heavy atom. The van der Waals surface area contributed by atoms with Crippen LogP contribution >= 0.6 is 11.3 Å². The second-order valence-corrected chi connectivity index (χ2v) is 8.18. The second-order valence-electron chi connectivity index (χ2n) is 7.18. The molecule has 0 saturated heterocycles. The molecule has 1 saturated carbocycles. The molecule has 1 aliphatic rings. The Balaban J connectivity index is 2.18. The number of amides is 1. The van der Waals surface area contributed by atoms with Gasteiger partial charge in [-0.3, -0.25) is 4.79 Å². The molecule has 0 unspecified atom stereocenters. The number of nitrogens with one attached hydrogen (secondary N) is 1. The van der Waals surface area contributed by atoms with Gasteiger partial charge < -0.3 is 11.1 Å². The van der Waals surface area contributed by atoms with E-state index in [1.54, 1.807) is 0 Å². The van der Waals surface area contributed by atoms with E-state index < -0.39 is 0 Å². The predicted molar refractivity (Wildman–Crippen MR) is 87.9 cm³/mol. The Hall–Kier alpha value is -0.940. The van der Waals surface area contributed by atoms with E-state index in [-0.39, 0.29) is 16.9 Å². The summed E-state index contributed by atoms with van der Waals surface area (Å²) in [5, 5.41) is 4.22. The van der Waals surface area contributed by atoms with Crippen LogP contribution in [0, 0.1) is 6.92 Å². The fourth-order valence-electron chi connectivity index (χ4n) is 2.83. The second kappa shape index (κ2) is 6.05. The highest BCUT2D eigenvalue weighted by Crippen LogP contribution is 2.31. The monoisotopic (exact) mass is 309 g/mol. The lowest BCUT2D eigenvalue weighted by Crippen LogP contribution is -2.54. The van der Waals surface area contributed by atoms with Gasteiger partial charge in [0.2, 0.25) is 0 Å². The molecule has 1 heterocycles. The first-order chi connectivity index (χ1) is 9.77. The quantitative estimate of drug-likeness (QED) is 0.901. The normalized spacial score (nSPS) is 18.5. The fourth-order valence-corrected chi connectivity index (χ4v) is 3.85. The molecular formula is C16H27N3OS. The maximum atomic E-state index is 12.6. The first-order valence-electron chi connectivity index (χ1n) is 7.78. The molecule has 3 N–H and O–H groups in total. The summed E-state index contributed by atoms with van der Waals surface area (Å²) in [5.74, 6) is -0.00662. The lowest BCUT2D eigenvalue weighted by molar-refractivity contribution is 0.0878. The number of aromatic nitrogens is 1. The smallest absolute Gasteiger partial charge is 0.263 e. The van der Waals surface area contributed by atoms with E-state index in [1.807, 2.05) is 6.92 Å². The SMILES string of the molecule is Cc1nc(C(C)(C)C)sc1C(=O)NC1(CN)CCCCC1. The number of aryl methyl sites for hydroxylation is 1. The van der Waals surface area contributed by atoms with Crippen LogP contribution in [-0.4, -0.2) is 23.0 Å². The van der Waals surface area contributed by atoms with E-state index in [0.29, 0.717) is 6.54 Å². The number of hydrogen-bond acceptors (Lipinski definition) is 4. The summed E-state index contributed by atoms with van der Waals surface area (Å²) in [6, 6.07) is 0. The van der Waals surface area contributed by atoms with Gasteiger partial charge in [-0.15, -0.1) is 11.3 Å². The summed E-state index contributed by atoms with van der Waals surface area (Å²) in [5.41, 5.74) is 6.54. The van der Waals surface area contributed by atoms with Gasteiger partial charge >= 0.3 is 0 Å². The Kier molecular flexibility index (Phi) is 4.73. The molecule has 0 bridgehead atoms. The topological polar surface area (TPSA) is 68.0 Å². The van der Waals surface area contributed by atoms with E-state index in [0.717, 1.165) is 41.3 Å². The van der Waals surface area contributed by atoms with Crippen LogP contribution in [0.25, 0.3) is 0 Å². The van der Waals surface area contributed by atoms with Crippen LogP contribution < -0.4 is 11.1 Å². The van der Waals surface area contributed by atoms with Gasteiger partial charge in [-0.1, -0.05) is 40.0 Å². The van der Waals surface area contributed by atoms with Gasteiger partial charge in [0.25, 0.3) is 5.91 Å². The van der Waals surface area contributed by atoms with E-state index >= 15 is 0 Å². The Morgan fingerprint density at radius 1 is 1.33 bits per heavy atom. The van der Waals surface area contributed by atoms with Gasteiger partial charge in [0.1, 0.15) is 4.88 Å². The maximum Gasteiger partial charge on any atom is 0.263 e. The molecule has 1 aliphatic carbocycles. The summed E-state index contributed by atoms with van der Waals surface area (Å²) in [6.07, 6.45) is 5.50. The van der Waals surface area contributed by atoms with Crippen LogP contribution in [0.5, 0.6) is 0 Å². The lowest BCUT2D eigenvalue weighted by Gasteiger charge is -2.37. The van der Waals surface area contributed by atoms with Crippen LogP contribution in [0.2, 0.25) is 0 Å². The average Bonchev–Trinajstić information content (AvgIpc) is 2.82. The van der Waals surface area contributed by atoms with Crippen LogP contribution in [0.1, 0.15) is 73.2 Å². The molecule has 1 fully saturated rings. The number of thiazole rings is 1. The summed E-state index contributed by atoms with van der Waals surface area (Å²) in [6.45, 7) is 8.79. The van der Waals surface area contributed by atoms with Gasteiger partial charge in [-0.25, -0.2) is 4.98 Å². The lowest BCUT2D eigenvalue weighted by atomic mass is 9.81.